The molecule has 0 saturated heterocycles. The van der Waals surface area contributed by atoms with E-state index in [4.69, 9.17) is 9.47 Å². The summed E-state index contributed by atoms with van der Waals surface area (Å²) in [6, 6.07) is 17.1. The lowest BCUT2D eigenvalue weighted by Gasteiger charge is -2.01. The van der Waals surface area contributed by atoms with Crippen molar-refractivity contribution >= 4 is 17.9 Å². The number of carbonyl (C=O) groups is 1. The molecule has 24 heavy (non-hydrogen) atoms. The number of ether oxygens (including phenoxy) is 2. The Labute approximate surface area is 140 Å². The quantitative estimate of drug-likeness (QED) is 0.632. The molecule has 0 radical (unpaired) electrons. The van der Waals surface area contributed by atoms with Crippen LogP contribution in [0.4, 0.5) is 0 Å². The smallest absolute Gasteiger partial charge is 0.363 e. The van der Waals surface area contributed by atoms with Gasteiger partial charge in [-0.3, -0.25) is 0 Å². The lowest BCUT2D eigenvalue weighted by molar-refractivity contribution is -0.130. The fourth-order valence-electron chi connectivity index (χ4n) is 2.34. The molecule has 0 fully saturated rings. The van der Waals surface area contributed by atoms with E-state index in [9.17, 15) is 4.79 Å². The van der Waals surface area contributed by atoms with Crippen molar-refractivity contribution in [2.75, 3.05) is 7.11 Å². The molecule has 0 amide bonds. The molecule has 1 aliphatic rings. The van der Waals surface area contributed by atoms with Gasteiger partial charge in [0.15, 0.2) is 5.70 Å². The molecule has 4 heteroatoms. The SMILES string of the molecule is COc1ccc(C2=N/C(=C\C(C)=Cc3ccccc3)C(=O)O2)cc1. The minimum Gasteiger partial charge on any atom is -0.497 e. The number of nitrogens with zero attached hydrogens (tertiary/aromatic N) is 1. The molecular weight excluding hydrogens is 302 g/mol. The molecule has 0 spiro atoms. The molecule has 3 rings (SSSR count). The van der Waals surface area contributed by atoms with Crippen LogP contribution in [0, 0.1) is 0 Å². The van der Waals surface area contributed by atoms with Gasteiger partial charge in [0.25, 0.3) is 0 Å². The highest BCUT2D eigenvalue weighted by Gasteiger charge is 2.24. The van der Waals surface area contributed by atoms with E-state index in [-0.39, 0.29) is 0 Å². The van der Waals surface area contributed by atoms with Crippen molar-refractivity contribution < 1.29 is 14.3 Å². The largest absolute Gasteiger partial charge is 0.497 e. The zero-order chi connectivity index (χ0) is 16.9. The highest BCUT2D eigenvalue weighted by molar-refractivity contribution is 6.11. The van der Waals surface area contributed by atoms with Crippen molar-refractivity contribution in [2.45, 2.75) is 6.92 Å². The predicted octanol–water partition coefficient (Wildman–Crippen LogP) is 3.99. The number of methoxy groups -OCH3 is 1. The summed E-state index contributed by atoms with van der Waals surface area (Å²) in [5.41, 5.74) is 3.02. The van der Waals surface area contributed by atoms with Crippen LogP contribution in [0.2, 0.25) is 0 Å². The van der Waals surface area contributed by atoms with Gasteiger partial charge in [0, 0.05) is 5.56 Å². The molecule has 4 nitrogen and oxygen atoms in total. The van der Waals surface area contributed by atoms with Crippen LogP contribution in [0.3, 0.4) is 0 Å². The summed E-state index contributed by atoms with van der Waals surface area (Å²) in [4.78, 5) is 16.3. The third kappa shape index (κ3) is 3.60. The highest BCUT2D eigenvalue weighted by Crippen LogP contribution is 2.20. The van der Waals surface area contributed by atoms with Crippen LogP contribution in [0.25, 0.3) is 6.08 Å². The van der Waals surface area contributed by atoms with Crippen LogP contribution in [0.1, 0.15) is 18.1 Å². The second-order valence-electron chi connectivity index (χ2n) is 5.36. The maximum Gasteiger partial charge on any atom is 0.363 e. The maximum absolute atomic E-state index is 12.0. The molecule has 1 heterocycles. The molecule has 0 N–H and O–H groups in total. The molecule has 1 aliphatic heterocycles. The van der Waals surface area contributed by atoms with Crippen molar-refractivity contribution in [2.24, 2.45) is 4.99 Å². The summed E-state index contributed by atoms with van der Waals surface area (Å²) in [5, 5.41) is 0. The molecule has 0 saturated carbocycles. The first kappa shape index (κ1) is 15.7. The summed E-state index contributed by atoms with van der Waals surface area (Å²) in [7, 11) is 1.60. The number of benzene rings is 2. The third-order valence-corrected chi connectivity index (χ3v) is 3.52. The average Bonchev–Trinajstić information content (AvgIpc) is 2.96. The van der Waals surface area contributed by atoms with Gasteiger partial charge in [0.05, 0.1) is 7.11 Å². The number of rotatable bonds is 4. The minimum atomic E-state index is -0.443. The Morgan fingerprint density at radius 3 is 2.46 bits per heavy atom. The van der Waals surface area contributed by atoms with E-state index >= 15 is 0 Å². The molecule has 0 aliphatic carbocycles. The number of esters is 1. The van der Waals surface area contributed by atoms with Gasteiger partial charge < -0.3 is 9.47 Å². The molecule has 2 aromatic rings. The van der Waals surface area contributed by atoms with Gasteiger partial charge >= 0.3 is 5.97 Å². The van der Waals surface area contributed by atoms with Crippen LogP contribution in [-0.4, -0.2) is 19.0 Å². The molecule has 0 aromatic heterocycles. The Balaban J connectivity index is 1.84. The van der Waals surface area contributed by atoms with Crippen LogP contribution in [0.15, 0.2) is 76.9 Å². The van der Waals surface area contributed by atoms with E-state index < -0.39 is 5.97 Å². The molecule has 0 unspecified atom stereocenters. The second kappa shape index (κ2) is 6.96. The summed E-state index contributed by atoms with van der Waals surface area (Å²) in [6.07, 6.45) is 3.72. The lowest BCUT2D eigenvalue weighted by Crippen LogP contribution is -2.05. The standard InChI is InChI=1S/C20H17NO3/c1-14(12-15-6-4-3-5-7-15)13-18-20(22)24-19(21-18)16-8-10-17(23-2)11-9-16/h3-13H,1-2H3/b14-12?,18-13-. The topological polar surface area (TPSA) is 47.9 Å². The van der Waals surface area contributed by atoms with Gasteiger partial charge in [-0.25, -0.2) is 9.79 Å². The number of cyclic esters (lactones) is 1. The van der Waals surface area contributed by atoms with Gasteiger partial charge in [0.1, 0.15) is 5.75 Å². The number of aliphatic imine (C=N–C) groups is 1. The number of carbonyl (C=O) groups excluding carboxylic acids is 1. The van der Waals surface area contributed by atoms with Crippen molar-refractivity contribution in [1.29, 1.82) is 0 Å². The Morgan fingerprint density at radius 2 is 1.79 bits per heavy atom. The molecule has 0 bridgehead atoms. The fraction of sp³-hybridized carbons (Fsp3) is 0.100. The number of hydrogen-bond acceptors (Lipinski definition) is 4. The van der Waals surface area contributed by atoms with Crippen LogP contribution < -0.4 is 4.74 Å². The van der Waals surface area contributed by atoms with Gasteiger partial charge in [-0.1, -0.05) is 36.4 Å². The fourth-order valence-corrected chi connectivity index (χ4v) is 2.34. The van der Waals surface area contributed by atoms with E-state index in [1.807, 2.05) is 43.3 Å². The van der Waals surface area contributed by atoms with E-state index in [1.165, 1.54) is 0 Å². The number of hydrogen-bond donors (Lipinski definition) is 0. The first-order chi connectivity index (χ1) is 11.7. The summed E-state index contributed by atoms with van der Waals surface area (Å²) in [5.74, 6) is 0.601. The first-order valence-electron chi connectivity index (χ1n) is 7.56. The Bertz CT molecular complexity index is 831. The van der Waals surface area contributed by atoms with Crippen LogP contribution in [0.5, 0.6) is 5.75 Å². The summed E-state index contributed by atoms with van der Waals surface area (Å²) < 4.78 is 10.4. The number of allylic oxidation sites excluding steroid dienone is 2. The van der Waals surface area contributed by atoms with Gasteiger partial charge in [-0.05, 0) is 48.4 Å². The summed E-state index contributed by atoms with van der Waals surface area (Å²) >= 11 is 0. The van der Waals surface area contributed by atoms with Crippen LogP contribution in [-0.2, 0) is 9.53 Å². The third-order valence-electron chi connectivity index (χ3n) is 3.52. The Kier molecular flexibility index (Phi) is 4.57. The van der Waals surface area contributed by atoms with Crippen molar-refractivity contribution in [1.82, 2.24) is 0 Å². The van der Waals surface area contributed by atoms with Crippen molar-refractivity contribution in [3.63, 3.8) is 0 Å². The monoisotopic (exact) mass is 319 g/mol. The molecule has 2 aromatic carbocycles. The Morgan fingerprint density at radius 1 is 1.08 bits per heavy atom. The van der Waals surface area contributed by atoms with E-state index in [0.717, 1.165) is 22.4 Å². The maximum atomic E-state index is 12.0. The average molecular weight is 319 g/mol. The molecule has 120 valence electrons. The van der Waals surface area contributed by atoms with Gasteiger partial charge in [0.2, 0.25) is 5.90 Å². The van der Waals surface area contributed by atoms with E-state index in [2.05, 4.69) is 4.99 Å². The van der Waals surface area contributed by atoms with Gasteiger partial charge in [-0.2, -0.15) is 0 Å². The van der Waals surface area contributed by atoms with Crippen LogP contribution >= 0.6 is 0 Å². The molecule has 0 atom stereocenters. The first-order valence-corrected chi connectivity index (χ1v) is 7.56. The molecular formula is C20H17NO3. The zero-order valence-corrected chi connectivity index (χ0v) is 13.5. The second-order valence-corrected chi connectivity index (χ2v) is 5.36. The zero-order valence-electron chi connectivity index (χ0n) is 13.5. The van der Waals surface area contributed by atoms with Crippen molar-refractivity contribution in [3.05, 3.63) is 83.1 Å². The highest BCUT2D eigenvalue weighted by atomic mass is 16.6. The van der Waals surface area contributed by atoms with Crippen molar-refractivity contribution in [3.8, 4) is 5.75 Å². The normalized spacial score (nSPS) is 16.1. The lowest BCUT2D eigenvalue weighted by atomic mass is 10.1. The minimum absolute atomic E-state index is 0.297. The Hall–Kier alpha value is -3.14. The van der Waals surface area contributed by atoms with E-state index in [1.54, 1.807) is 37.5 Å². The predicted molar refractivity (Wildman–Crippen MR) is 93.8 cm³/mol. The van der Waals surface area contributed by atoms with E-state index in [0.29, 0.717) is 11.6 Å². The summed E-state index contributed by atoms with van der Waals surface area (Å²) in [6.45, 7) is 1.92. The van der Waals surface area contributed by atoms with Gasteiger partial charge in [-0.15, -0.1) is 0 Å².